The third kappa shape index (κ3) is 4.39. The number of likely N-dealkylation sites (N-methyl/N-ethyl adjacent to an activating group) is 1. The van der Waals surface area contributed by atoms with Gasteiger partial charge in [0.05, 0.1) is 6.61 Å². The van der Waals surface area contributed by atoms with Crippen molar-refractivity contribution >= 4 is 11.9 Å². The number of hydrogen-bond acceptors (Lipinski definition) is 3. The highest BCUT2D eigenvalue weighted by molar-refractivity contribution is 6.32. The molecular formula is C15H21NO3. The van der Waals surface area contributed by atoms with E-state index in [9.17, 15) is 9.59 Å². The number of amides is 1. The lowest BCUT2D eigenvalue weighted by molar-refractivity contribution is -0.159. The minimum absolute atomic E-state index is 0.218. The van der Waals surface area contributed by atoms with Gasteiger partial charge in [-0.1, -0.05) is 23.8 Å². The average molecular weight is 263 g/mol. The maximum Gasteiger partial charge on any atom is 0.396 e. The number of esters is 1. The minimum Gasteiger partial charge on any atom is -0.459 e. The van der Waals surface area contributed by atoms with Crippen molar-refractivity contribution in [1.29, 1.82) is 0 Å². The van der Waals surface area contributed by atoms with Crippen molar-refractivity contribution in [1.82, 2.24) is 4.90 Å². The summed E-state index contributed by atoms with van der Waals surface area (Å²) in [4.78, 5) is 24.4. The van der Waals surface area contributed by atoms with Gasteiger partial charge in [0, 0.05) is 13.6 Å². The van der Waals surface area contributed by atoms with Crippen molar-refractivity contribution in [3.05, 3.63) is 34.9 Å². The second-order valence-electron chi connectivity index (χ2n) is 4.63. The van der Waals surface area contributed by atoms with E-state index in [1.165, 1.54) is 21.6 Å². The Hall–Kier alpha value is -1.84. The van der Waals surface area contributed by atoms with Crippen molar-refractivity contribution in [2.75, 3.05) is 20.2 Å². The maximum atomic E-state index is 11.7. The first-order valence-electron chi connectivity index (χ1n) is 6.44. The fraction of sp³-hybridized carbons (Fsp3) is 0.467. The Morgan fingerprint density at radius 1 is 1.26 bits per heavy atom. The number of carbonyl (C=O) groups excluding carboxylic acids is 2. The lowest BCUT2D eigenvalue weighted by Gasteiger charge is -2.16. The highest BCUT2D eigenvalue weighted by atomic mass is 16.5. The summed E-state index contributed by atoms with van der Waals surface area (Å²) in [6, 6.07) is 6.24. The average Bonchev–Trinajstić information content (AvgIpc) is 2.38. The molecule has 0 spiro atoms. The van der Waals surface area contributed by atoms with E-state index in [0.29, 0.717) is 6.54 Å². The van der Waals surface area contributed by atoms with Gasteiger partial charge in [0.2, 0.25) is 0 Å². The van der Waals surface area contributed by atoms with Crippen LogP contribution >= 0.6 is 0 Å². The molecule has 1 aromatic carbocycles. The minimum atomic E-state index is -0.786. The van der Waals surface area contributed by atoms with Crippen LogP contribution in [0.15, 0.2) is 18.2 Å². The largest absolute Gasteiger partial charge is 0.459 e. The molecule has 19 heavy (non-hydrogen) atoms. The number of hydrogen-bond donors (Lipinski definition) is 0. The summed E-state index contributed by atoms with van der Waals surface area (Å²) in [6.45, 7) is 6.48. The first kappa shape index (κ1) is 15.2. The van der Waals surface area contributed by atoms with Crippen molar-refractivity contribution in [3.63, 3.8) is 0 Å². The van der Waals surface area contributed by atoms with Gasteiger partial charge in [-0.3, -0.25) is 4.79 Å². The highest BCUT2D eigenvalue weighted by Gasteiger charge is 2.19. The van der Waals surface area contributed by atoms with Crippen LogP contribution in [0.5, 0.6) is 0 Å². The van der Waals surface area contributed by atoms with Crippen LogP contribution in [-0.2, 0) is 20.7 Å². The van der Waals surface area contributed by atoms with Crippen molar-refractivity contribution < 1.29 is 14.3 Å². The lowest BCUT2D eigenvalue weighted by atomic mass is 10.0. The molecule has 4 heteroatoms. The van der Waals surface area contributed by atoms with Gasteiger partial charge in [0.25, 0.3) is 0 Å². The molecule has 0 aliphatic heterocycles. The third-order valence-corrected chi connectivity index (χ3v) is 3.02. The number of nitrogens with zero attached hydrogens (tertiary/aromatic N) is 1. The third-order valence-electron chi connectivity index (χ3n) is 3.02. The van der Waals surface area contributed by atoms with E-state index in [4.69, 9.17) is 0 Å². The van der Waals surface area contributed by atoms with Crippen molar-refractivity contribution in [2.45, 2.75) is 27.2 Å². The Morgan fingerprint density at radius 3 is 2.58 bits per heavy atom. The topological polar surface area (TPSA) is 46.6 Å². The molecule has 1 aromatic rings. The summed E-state index contributed by atoms with van der Waals surface area (Å²) in [6.07, 6.45) is 0.731. The number of aryl methyl sites for hydroxylation is 2. The van der Waals surface area contributed by atoms with Gasteiger partial charge < -0.3 is 9.64 Å². The van der Waals surface area contributed by atoms with Crippen LogP contribution in [0.1, 0.15) is 23.6 Å². The Balaban J connectivity index is 2.58. The molecular weight excluding hydrogens is 242 g/mol. The van der Waals surface area contributed by atoms with Crippen molar-refractivity contribution in [2.24, 2.45) is 0 Å². The van der Waals surface area contributed by atoms with Crippen LogP contribution in [0.4, 0.5) is 0 Å². The molecule has 4 nitrogen and oxygen atoms in total. The first-order valence-corrected chi connectivity index (χ1v) is 6.44. The molecule has 1 rings (SSSR count). The molecule has 0 atom stereocenters. The summed E-state index contributed by atoms with van der Waals surface area (Å²) in [5.41, 5.74) is 3.59. The van der Waals surface area contributed by atoms with E-state index in [2.05, 4.69) is 22.9 Å². The number of carbonyl (C=O) groups is 2. The Bertz CT molecular complexity index is 468. The summed E-state index contributed by atoms with van der Waals surface area (Å²) in [7, 11) is 1.62. The fourth-order valence-electron chi connectivity index (χ4n) is 1.81. The van der Waals surface area contributed by atoms with E-state index < -0.39 is 11.9 Å². The predicted octanol–water partition coefficient (Wildman–Crippen LogP) is 1.87. The van der Waals surface area contributed by atoms with Crippen LogP contribution in [0.2, 0.25) is 0 Å². The first-order chi connectivity index (χ1) is 8.95. The second-order valence-corrected chi connectivity index (χ2v) is 4.63. The summed E-state index contributed by atoms with van der Waals surface area (Å²) in [5, 5.41) is 0. The summed E-state index contributed by atoms with van der Waals surface area (Å²) < 4.78 is 4.69. The quantitative estimate of drug-likeness (QED) is 0.615. The molecule has 1 amide bonds. The van der Waals surface area contributed by atoms with Gasteiger partial charge in [0.15, 0.2) is 0 Å². The zero-order chi connectivity index (χ0) is 14.4. The SMILES string of the molecule is CCOC(=O)C(=O)N(C)CCc1cc(C)ccc1C. The van der Waals surface area contributed by atoms with Crippen LogP contribution in [0.25, 0.3) is 0 Å². The lowest BCUT2D eigenvalue weighted by Crippen LogP contribution is -2.36. The van der Waals surface area contributed by atoms with Crippen LogP contribution < -0.4 is 0 Å². The van der Waals surface area contributed by atoms with E-state index in [1.54, 1.807) is 14.0 Å². The zero-order valence-electron chi connectivity index (χ0n) is 12.0. The van der Waals surface area contributed by atoms with Gasteiger partial charge in [-0.25, -0.2) is 4.79 Å². The van der Waals surface area contributed by atoms with Gasteiger partial charge in [-0.2, -0.15) is 0 Å². The van der Waals surface area contributed by atoms with Gasteiger partial charge in [0.1, 0.15) is 0 Å². The van der Waals surface area contributed by atoms with E-state index in [-0.39, 0.29) is 6.61 Å². The molecule has 0 saturated heterocycles. The fourth-order valence-corrected chi connectivity index (χ4v) is 1.81. The normalized spacial score (nSPS) is 10.1. The van der Waals surface area contributed by atoms with Gasteiger partial charge >= 0.3 is 11.9 Å². The molecule has 0 fully saturated rings. The van der Waals surface area contributed by atoms with Crippen LogP contribution in [0.3, 0.4) is 0 Å². The monoisotopic (exact) mass is 263 g/mol. The number of rotatable bonds is 4. The molecule has 104 valence electrons. The summed E-state index contributed by atoms with van der Waals surface area (Å²) >= 11 is 0. The summed E-state index contributed by atoms with van der Waals surface area (Å²) in [5.74, 6) is -1.38. The Kier molecular flexibility index (Phi) is 5.55. The molecule has 0 bridgehead atoms. The molecule has 0 unspecified atom stereocenters. The van der Waals surface area contributed by atoms with Crippen molar-refractivity contribution in [3.8, 4) is 0 Å². The van der Waals surface area contributed by atoms with E-state index in [1.807, 2.05) is 13.8 Å². The molecule has 0 aromatic heterocycles. The molecule has 0 saturated carbocycles. The zero-order valence-corrected chi connectivity index (χ0v) is 12.0. The number of ether oxygens (including phenoxy) is 1. The number of benzene rings is 1. The van der Waals surface area contributed by atoms with Gasteiger partial charge in [-0.05, 0) is 38.3 Å². The Morgan fingerprint density at radius 2 is 1.95 bits per heavy atom. The molecule has 0 radical (unpaired) electrons. The molecule has 0 aliphatic rings. The van der Waals surface area contributed by atoms with Gasteiger partial charge in [-0.15, -0.1) is 0 Å². The van der Waals surface area contributed by atoms with E-state index >= 15 is 0 Å². The second kappa shape index (κ2) is 6.92. The molecule has 0 heterocycles. The maximum absolute atomic E-state index is 11.7. The highest BCUT2D eigenvalue weighted by Crippen LogP contribution is 2.11. The Labute approximate surface area is 114 Å². The van der Waals surface area contributed by atoms with Crippen LogP contribution in [0, 0.1) is 13.8 Å². The van der Waals surface area contributed by atoms with E-state index in [0.717, 1.165) is 6.42 Å². The standard InChI is InChI=1S/C15H21NO3/c1-5-19-15(18)14(17)16(4)9-8-13-10-11(2)6-7-12(13)3/h6-7,10H,5,8-9H2,1-4H3. The molecule has 0 N–H and O–H groups in total. The predicted molar refractivity (Wildman–Crippen MR) is 73.9 cm³/mol. The molecule has 0 aliphatic carbocycles. The smallest absolute Gasteiger partial charge is 0.396 e. The van der Waals surface area contributed by atoms with Crippen LogP contribution in [-0.4, -0.2) is 37.0 Å².